The van der Waals surface area contributed by atoms with E-state index >= 15 is 0 Å². The van der Waals surface area contributed by atoms with Crippen molar-refractivity contribution >= 4 is 15.9 Å². The Morgan fingerprint density at radius 2 is 2.27 bits per heavy atom. The van der Waals surface area contributed by atoms with Crippen LogP contribution >= 0.6 is 15.9 Å². The van der Waals surface area contributed by atoms with E-state index in [4.69, 9.17) is 10.2 Å². The standard InChI is InChI=1S/C9H16BrN3O2/c1-6-9(10)8(13(2)12-6)4-11-3-7(15)5-14/h7,11,14-15H,3-5H2,1-2H3. The smallest absolute Gasteiger partial charge is 0.0895 e. The Morgan fingerprint density at radius 3 is 2.73 bits per heavy atom. The number of nitrogens with one attached hydrogen (secondary N) is 1. The zero-order valence-corrected chi connectivity index (χ0v) is 10.5. The quantitative estimate of drug-likeness (QED) is 0.705. The number of aliphatic hydroxyl groups excluding tert-OH is 2. The third-order valence-corrected chi connectivity index (χ3v) is 3.18. The average molecular weight is 278 g/mol. The van der Waals surface area contributed by atoms with E-state index in [1.807, 2.05) is 14.0 Å². The van der Waals surface area contributed by atoms with Crippen molar-refractivity contribution in [3.8, 4) is 0 Å². The van der Waals surface area contributed by atoms with Gasteiger partial charge in [0.2, 0.25) is 0 Å². The highest BCUT2D eigenvalue weighted by atomic mass is 79.9. The highest BCUT2D eigenvalue weighted by Gasteiger charge is 2.10. The summed E-state index contributed by atoms with van der Waals surface area (Å²) in [5.41, 5.74) is 1.97. The van der Waals surface area contributed by atoms with Crippen molar-refractivity contribution < 1.29 is 10.2 Å². The maximum Gasteiger partial charge on any atom is 0.0895 e. The zero-order valence-electron chi connectivity index (χ0n) is 8.87. The minimum absolute atomic E-state index is 0.224. The molecule has 0 radical (unpaired) electrons. The Morgan fingerprint density at radius 1 is 1.60 bits per heavy atom. The minimum atomic E-state index is -0.710. The molecule has 1 rings (SSSR count). The highest BCUT2D eigenvalue weighted by Crippen LogP contribution is 2.19. The molecule has 0 saturated heterocycles. The van der Waals surface area contributed by atoms with Gasteiger partial charge in [0.1, 0.15) is 0 Å². The van der Waals surface area contributed by atoms with Gasteiger partial charge in [-0.2, -0.15) is 5.10 Å². The maximum absolute atomic E-state index is 9.13. The summed E-state index contributed by atoms with van der Waals surface area (Å²) >= 11 is 3.45. The summed E-state index contributed by atoms with van der Waals surface area (Å²) < 4.78 is 2.77. The molecule has 0 saturated carbocycles. The normalized spacial score (nSPS) is 13.1. The van der Waals surface area contributed by atoms with Crippen molar-refractivity contribution in [2.24, 2.45) is 7.05 Å². The number of aryl methyl sites for hydroxylation is 2. The fourth-order valence-electron chi connectivity index (χ4n) is 1.29. The monoisotopic (exact) mass is 277 g/mol. The number of aliphatic hydroxyl groups is 2. The number of hydrogen-bond donors (Lipinski definition) is 3. The second kappa shape index (κ2) is 5.60. The zero-order chi connectivity index (χ0) is 11.4. The van der Waals surface area contributed by atoms with Gasteiger partial charge in [-0.1, -0.05) is 0 Å². The Hall–Kier alpha value is -0.430. The second-order valence-corrected chi connectivity index (χ2v) is 4.23. The van der Waals surface area contributed by atoms with Gasteiger partial charge in [-0.05, 0) is 22.9 Å². The first-order valence-electron chi connectivity index (χ1n) is 4.73. The molecule has 0 aromatic carbocycles. The molecule has 0 aliphatic carbocycles. The van der Waals surface area contributed by atoms with Gasteiger partial charge in [-0.15, -0.1) is 0 Å². The van der Waals surface area contributed by atoms with Crippen LogP contribution in [0.4, 0.5) is 0 Å². The lowest BCUT2D eigenvalue weighted by atomic mass is 10.3. The van der Waals surface area contributed by atoms with E-state index in [1.165, 1.54) is 0 Å². The SMILES string of the molecule is Cc1nn(C)c(CNCC(O)CO)c1Br. The van der Waals surface area contributed by atoms with Gasteiger partial charge in [0.05, 0.1) is 28.6 Å². The summed E-state index contributed by atoms with van der Waals surface area (Å²) in [5.74, 6) is 0. The van der Waals surface area contributed by atoms with E-state index in [0.717, 1.165) is 15.9 Å². The first-order valence-corrected chi connectivity index (χ1v) is 5.53. The van der Waals surface area contributed by atoms with Crippen LogP contribution in [0.2, 0.25) is 0 Å². The lowest BCUT2D eigenvalue weighted by Crippen LogP contribution is -2.29. The van der Waals surface area contributed by atoms with Crippen LogP contribution in [0.5, 0.6) is 0 Å². The van der Waals surface area contributed by atoms with Gasteiger partial charge in [-0.3, -0.25) is 4.68 Å². The fourth-order valence-corrected chi connectivity index (χ4v) is 1.77. The van der Waals surface area contributed by atoms with Gasteiger partial charge in [0.25, 0.3) is 0 Å². The maximum atomic E-state index is 9.13. The molecule has 1 heterocycles. The molecule has 15 heavy (non-hydrogen) atoms. The number of hydrogen-bond acceptors (Lipinski definition) is 4. The molecule has 0 aliphatic heterocycles. The summed E-state index contributed by atoms with van der Waals surface area (Å²) in [5, 5.41) is 25.1. The van der Waals surface area contributed by atoms with Crippen LogP contribution in [0.15, 0.2) is 4.47 Å². The molecule has 6 heteroatoms. The largest absolute Gasteiger partial charge is 0.394 e. The van der Waals surface area contributed by atoms with Crippen molar-refractivity contribution in [2.45, 2.75) is 19.6 Å². The van der Waals surface area contributed by atoms with E-state index < -0.39 is 6.10 Å². The van der Waals surface area contributed by atoms with Crippen molar-refractivity contribution in [1.82, 2.24) is 15.1 Å². The minimum Gasteiger partial charge on any atom is -0.394 e. The first kappa shape index (κ1) is 12.6. The van der Waals surface area contributed by atoms with E-state index in [2.05, 4.69) is 26.3 Å². The fraction of sp³-hybridized carbons (Fsp3) is 0.667. The van der Waals surface area contributed by atoms with Crippen LogP contribution < -0.4 is 5.32 Å². The number of halogens is 1. The van der Waals surface area contributed by atoms with Crippen LogP contribution in [0.25, 0.3) is 0 Å². The summed E-state index contributed by atoms with van der Waals surface area (Å²) in [6, 6.07) is 0. The van der Waals surface area contributed by atoms with Crippen LogP contribution in [0.1, 0.15) is 11.4 Å². The molecule has 3 N–H and O–H groups in total. The van der Waals surface area contributed by atoms with E-state index in [9.17, 15) is 0 Å². The van der Waals surface area contributed by atoms with Crippen LogP contribution in [-0.2, 0) is 13.6 Å². The van der Waals surface area contributed by atoms with Gasteiger partial charge in [0.15, 0.2) is 0 Å². The predicted molar refractivity (Wildman–Crippen MR) is 60.4 cm³/mol. The van der Waals surface area contributed by atoms with Crippen molar-refractivity contribution in [1.29, 1.82) is 0 Å². The topological polar surface area (TPSA) is 70.3 Å². The van der Waals surface area contributed by atoms with Gasteiger partial charge in [-0.25, -0.2) is 0 Å². The third-order valence-electron chi connectivity index (χ3n) is 2.14. The molecular weight excluding hydrogens is 262 g/mol. The Balaban J connectivity index is 2.50. The highest BCUT2D eigenvalue weighted by molar-refractivity contribution is 9.10. The average Bonchev–Trinajstić information content (AvgIpc) is 2.44. The van der Waals surface area contributed by atoms with Crippen LogP contribution in [0.3, 0.4) is 0 Å². The molecule has 5 nitrogen and oxygen atoms in total. The molecule has 1 unspecified atom stereocenters. The third kappa shape index (κ3) is 3.27. The molecule has 86 valence electrons. The molecule has 0 aliphatic rings. The van der Waals surface area contributed by atoms with Crippen LogP contribution in [-0.4, -0.2) is 39.2 Å². The van der Waals surface area contributed by atoms with Gasteiger partial charge >= 0.3 is 0 Å². The molecule has 1 aromatic heterocycles. The predicted octanol–water partition coefficient (Wildman–Crippen LogP) is -0.0662. The molecule has 0 amide bonds. The molecular formula is C9H16BrN3O2. The molecule has 0 bridgehead atoms. The number of aromatic nitrogens is 2. The van der Waals surface area contributed by atoms with Crippen LogP contribution in [0, 0.1) is 6.92 Å². The van der Waals surface area contributed by atoms with Gasteiger partial charge in [0, 0.05) is 20.1 Å². The van der Waals surface area contributed by atoms with Crippen molar-refractivity contribution in [3.63, 3.8) is 0 Å². The first-order chi connectivity index (χ1) is 7.06. The lowest BCUT2D eigenvalue weighted by molar-refractivity contribution is 0.0941. The Kier molecular flexibility index (Phi) is 4.72. The molecule has 1 atom stereocenters. The number of rotatable bonds is 5. The molecule has 0 fully saturated rings. The summed E-state index contributed by atoms with van der Waals surface area (Å²) in [6.07, 6.45) is -0.710. The summed E-state index contributed by atoms with van der Waals surface area (Å²) in [7, 11) is 1.87. The van der Waals surface area contributed by atoms with E-state index in [0.29, 0.717) is 13.1 Å². The van der Waals surface area contributed by atoms with E-state index in [-0.39, 0.29) is 6.61 Å². The molecule has 1 aromatic rings. The Labute approximate surface area is 97.2 Å². The Bertz CT molecular complexity index is 327. The second-order valence-electron chi connectivity index (χ2n) is 3.44. The summed E-state index contributed by atoms with van der Waals surface area (Å²) in [4.78, 5) is 0. The van der Waals surface area contributed by atoms with Gasteiger partial charge < -0.3 is 15.5 Å². The van der Waals surface area contributed by atoms with Crippen molar-refractivity contribution in [3.05, 3.63) is 15.9 Å². The van der Waals surface area contributed by atoms with Crippen molar-refractivity contribution in [2.75, 3.05) is 13.2 Å². The lowest BCUT2D eigenvalue weighted by Gasteiger charge is -2.09. The molecule has 0 spiro atoms. The number of nitrogens with zero attached hydrogens (tertiary/aromatic N) is 2. The summed E-state index contributed by atoms with van der Waals surface area (Å²) in [6.45, 7) is 2.68. The van der Waals surface area contributed by atoms with E-state index in [1.54, 1.807) is 4.68 Å².